The van der Waals surface area contributed by atoms with Crippen molar-refractivity contribution in [1.29, 1.82) is 0 Å². The van der Waals surface area contributed by atoms with Gasteiger partial charge in [0.2, 0.25) is 5.91 Å². The highest BCUT2D eigenvalue weighted by atomic mass is 31.2. The minimum absolute atomic E-state index is 0.0888. The standard InChI is InChI=1S/C26H29N2O6P/c29-24(30)12-7-17-27-25(31)23(28-26(35(32,33)34)22-10-5-2-6-11-22)18-19-13-15-21(16-14-19)20-8-3-1-4-9-20/h1-6,8-11,13-16,23,26,28H,7,12,17-18H2,(H,27,31)(H,29,30)(H2,32,33,34). The van der Waals surface area contributed by atoms with E-state index in [1.807, 2.05) is 54.6 Å². The number of rotatable bonds is 12. The van der Waals surface area contributed by atoms with Crippen molar-refractivity contribution in [1.82, 2.24) is 10.6 Å². The zero-order chi connectivity index (χ0) is 25.3. The molecule has 3 aromatic carbocycles. The molecule has 3 rings (SSSR count). The first-order valence-electron chi connectivity index (χ1n) is 11.2. The summed E-state index contributed by atoms with van der Waals surface area (Å²) in [4.78, 5) is 43.8. The van der Waals surface area contributed by atoms with Crippen LogP contribution < -0.4 is 10.6 Å². The average Bonchev–Trinajstić information content (AvgIpc) is 2.85. The van der Waals surface area contributed by atoms with Gasteiger partial charge in [-0.05, 0) is 35.1 Å². The molecule has 0 radical (unpaired) electrons. The molecule has 2 unspecified atom stereocenters. The van der Waals surface area contributed by atoms with Gasteiger partial charge in [0.05, 0.1) is 6.04 Å². The Bertz CT molecular complexity index is 1150. The van der Waals surface area contributed by atoms with Crippen molar-refractivity contribution in [3.8, 4) is 11.1 Å². The van der Waals surface area contributed by atoms with Gasteiger partial charge in [0.1, 0.15) is 5.78 Å². The summed E-state index contributed by atoms with van der Waals surface area (Å²) in [6.45, 7) is 0.141. The fraction of sp³-hybridized carbons (Fsp3) is 0.231. The number of carboxylic acid groups (broad SMARTS) is 1. The van der Waals surface area contributed by atoms with Gasteiger partial charge >= 0.3 is 13.6 Å². The first-order chi connectivity index (χ1) is 16.7. The Labute approximate surface area is 204 Å². The van der Waals surface area contributed by atoms with Crippen LogP contribution in [0.2, 0.25) is 0 Å². The fourth-order valence-corrected chi connectivity index (χ4v) is 4.65. The first-order valence-corrected chi connectivity index (χ1v) is 12.9. The van der Waals surface area contributed by atoms with E-state index in [1.54, 1.807) is 30.3 Å². The highest BCUT2D eigenvalue weighted by molar-refractivity contribution is 7.52. The molecule has 0 fully saturated rings. The molecule has 0 bridgehead atoms. The maximum absolute atomic E-state index is 13.0. The van der Waals surface area contributed by atoms with Gasteiger partial charge in [-0.3, -0.25) is 19.5 Å². The summed E-state index contributed by atoms with van der Waals surface area (Å²) in [6.07, 6.45) is 0.345. The summed E-state index contributed by atoms with van der Waals surface area (Å²) in [7, 11) is -4.66. The summed E-state index contributed by atoms with van der Waals surface area (Å²) in [6, 6.07) is 24.7. The Morgan fingerprint density at radius 3 is 1.97 bits per heavy atom. The van der Waals surface area contributed by atoms with Crippen LogP contribution in [0.5, 0.6) is 0 Å². The smallest absolute Gasteiger partial charge is 0.346 e. The van der Waals surface area contributed by atoms with Gasteiger partial charge in [0.15, 0.2) is 0 Å². The number of hydrogen-bond donors (Lipinski definition) is 5. The van der Waals surface area contributed by atoms with Crippen molar-refractivity contribution < 1.29 is 29.0 Å². The van der Waals surface area contributed by atoms with E-state index in [9.17, 15) is 23.9 Å². The Balaban J connectivity index is 1.81. The van der Waals surface area contributed by atoms with E-state index in [-0.39, 0.29) is 25.8 Å². The number of hydrogen-bond acceptors (Lipinski definition) is 4. The zero-order valence-electron chi connectivity index (χ0n) is 19.1. The topological polar surface area (TPSA) is 136 Å². The van der Waals surface area contributed by atoms with Crippen molar-refractivity contribution in [2.45, 2.75) is 31.1 Å². The minimum atomic E-state index is -4.66. The Hall–Kier alpha value is -3.29. The van der Waals surface area contributed by atoms with E-state index in [0.29, 0.717) is 5.56 Å². The monoisotopic (exact) mass is 496 g/mol. The summed E-state index contributed by atoms with van der Waals surface area (Å²) in [5.41, 5.74) is 3.23. The van der Waals surface area contributed by atoms with Crippen molar-refractivity contribution in [2.75, 3.05) is 6.54 Å². The Morgan fingerprint density at radius 2 is 1.40 bits per heavy atom. The van der Waals surface area contributed by atoms with Crippen LogP contribution in [-0.2, 0) is 20.6 Å². The second-order valence-electron chi connectivity index (χ2n) is 8.18. The summed E-state index contributed by atoms with van der Waals surface area (Å²) in [5, 5.41) is 14.4. The van der Waals surface area contributed by atoms with Crippen LogP contribution in [0.4, 0.5) is 0 Å². The molecule has 0 aliphatic rings. The number of nitrogens with one attached hydrogen (secondary N) is 2. The van der Waals surface area contributed by atoms with Crippen molar-refractivity contribution in [2.24, 2.45) is 0 Å². The van der Waals surface area contributed by atoms with Gasteiger partial charge in [-0.2, -0.15) is 0 Å². The number of aliphatic carboxylic acids is 1. The predicted octanol–water partition coefficient (Wildman–Crippen LogP) is 3.71. The van der Waals surface area contributed by atoms with Crippen LogP contribution in [0.15, 0.2) is 84.9 Å². The lowest BCUT2D eigenvalue weighted by Crippen LogP contribution is -2.47. The molecule has 9 heteroatoms. The van der Waals surface area contributed by atoms with Crippen LogP contribution in [-0.4, -0.2) is 39.4 Å². The van der Waals surface area contributed by atoms with Gasteiger partial charge in [0.25, 0.3) is 0 Å². The molecule has 0 aromatic heterocycles. The molecule has 8 nitrogen and oxygen atoms in total. The summed E-state index contributed by atoms with van der Waals surface area (Å²) >= 11 is 0. The van der Waals surface area contributed by atoms with E-state index in [2.05, 4.69) is 10.6 Å². The molecule has 2 atom stereocenters. The summed E-state index contributed by atoms with van der Waals surface area (Å²) in [5.74, 6) is -2.79. The fourth-order valence-electron chi connectivity index (χ4n) is 3.71. The normalized spacial score (nSPS) is 13.1. The molecule has 0 saturated carbocycles. The lowest BCUT2D eigenvalue weighted by Gasteiger charge is -2.26. The second-order valence-corrected chi connectivity index (χ2v) is 9.87. The summed E-state index contributed by atoms with van der Waals surface area (Å²) < 4.78 is 12.3. The highest BCUT2D eigenvalue weighted by Gasteiger charge is 2.34. The molecule has 184 valence electrons. The lowest BCUT2D eigenvalue weighted by molar-refractivity contribution is -0.137. The number of carbonyl (C=O) groups is 2. The number of amides is 1. The molecule has 0 heterocycles. The molecule has 1 amide bonds. The van der Waals surface area contributed by atoms with Crippen molar-refractivity contribution in [3.05, 3.63) is 96.1 Å². The van der Waals surface area contributed by atoms with Crippen LogP contribution in [0, 0.1) is 0 Å². The van der Waals surface area contributed by atoms with Gasteiger partial charge in [-0.1, -0.05) is 84.9 Å². The molecule has 0 aliphatic carbocycles. The Morgan fingerprint density at radius 1 is 0.829 bits per heavy atom. The van der Waals surface area contributed by atoms with Gasteiger partial charge in [0, 0.05) is 13.0 Å². The average molecular weight is 497 g/mol. The largest absolute Gasteiger partial charge is 0.481 e. The molecule has 0 aliphatic heterocycles. The third kappa shape index (κ3) is 8.16. The van der Waals surface area contributed by atoms with Gasteiger partial charge in [-0.15, -0.1) is 0 Å². The predicted molar refractivity (Wildman–Crippen MR) is 134 cm³/mol. The molecular formula is C26H29N2O6P. The SMILES string of the molecule is O=C(O)CCCNC(=O)C(Cc1ccc(-c2ccccc2)cc1)NC(c1ccccc1)P(=O)(O)O. The molecule has 3 aromatic rings. The number of carboxylic acids is 1. The van der Waals surface area contributed by atoms with Gasteiger partial charge < -0.3 is 20.2 Å². The highest BCUT2D eigenvalue weighted by Crippen LogP contribution is 2.50. The van der Waals surface area contributed by atoms with E-state index in [0.717, 1.165) is 16.7 Å². The van der Waals surface area contributed by atoms with Crippen LogP contribution in [0.1, 0.15) is 29.8 Å². The van der Waals surface area contributed by atoms with Crippen molar-refractivity contribution >= 4 is 19.5 Å². The molecule has 35 heavy (non-hydrogen) atoms. The van der Waals surface area contributed by atoms with E-state index in [1.165, 1.54) is 0 Å². The molecule has 0 spiro atoms. The molecular weight excluding hydrogens is 467 g/mol. The third-order valence-corrected chi connectivity index (χ3v) is 6.61. The van der Waals surface area contributed by atoms with Crippen LogP contribution >= 0.6 is 7.60 Å². The maximum Gasteiger partial charge on any atom is 0.346 e. The third-order valence-electron chi connectivity index (χ3n) is 5.49. The van der Waals surface area contributed by atoms with Crippen molar-refractivity contribution in [3.63, 3.8) is 0 Å². The second kappa shape index (κ2) is 12.4. The molecule has 0 saturated heterocycles. The van der Waals surface area contributed by atoms with E-state index < -0.39 is 31.3 Å². The maximum atomic E-state index is 13.0. The first kappa shape index (κ1) is 26.3. The zero-order valence-corrected chi connectivity index (χ0v) is 20.0. The van der Waals surface area contributed by atoms with E-state index >= 15 is 0 Å². The Kier molecular flexibility index (Phi) is 9.34. The van der Waals surface area contributed by atoms with E-state index in [4.69, 9.17) is 5.11 Å². The van der Waals surface area contributed by atoms with Gasteiger partial charge in [-0.25, -0.2) is 0 Å². The van der Waals surface area contributed by atoms with Crippen LogP contribution in [0.25, 0.3) is 11.1 Å². The minimum Gasteiger partial charge on any atom is -0.481 e. The van der Waals surface area contributed by atoms with Crippen LogP contribution in [0.3, 0.4) is 0 Å². The molecule has 5 N–H and O–H groups in total. The quantitative estimate of drug-likeness (QED) is 0.190. The lowest BCUT2D eigenvalue weighted by atomic mass is 10.00. The number of benzene rings is 3. The number of carbonyl (C=O) groups excluding carboxylic acids is 1.